The van der Waals surface area contributed by atoms with E-state index in [1.165, 1.54) is 0 Å². The third-order valence-electron chi connectivity index (χ3n) is 2.50. The molecule has 0 unspecified atom stereocenters. The second-order valence-corrected chi connectivity index (χ2v) is 5.72. The molecule has 0 saturated heterocycles. The molecule has 1 aromatic heterocycles. The minimum atomic E-state index is 0.171. The summed E-state index contributed by atoms with van der Waals surface area (Å²) in [7, 11) is 1.94. The molecular weight excluding hydrogens is 343 g/mol. The molecule has 0 radical (unpaired) electrons. The zero-order valence-electron chi connectivity index (χ0n) is 9.15. The van der Waals surface area contributed by atoms with Crippen LogP contribution in [-0.2, 0) is 13.5 Å². The highest BCUT2D eigenvalue weighted by atomic mass is 79.9. The van der Waals surface area contributed by atoms with Crippen LogP contribution in [0.1, 0.15) is 18.3 Å². The van der Waals surface area contributed by atoms with Gasteiger partial charge in [-0.2, -0.15) is 5.10 Å². The van der Waals surface area contributed by atoms with Crippen molar-refractivity contribution in [2.45, 2.75) is 20.3 Å². The Morgan fingerprint density at radius 2 is 1.93 bits per heavy atom. The summed E-state index contributed by atoms with van der Waals surface area (Å²) in [6, 6.07) is 0. The summed E-state index contributed by atoms with van der Waals surface area (Å²) in [4.78, 5) is 0. The first-order valence-electron chi connectivity index (χ1n) is 4.73. The van der Waals surface area contributed by atoms with Crippen molar-refractivity contribution >= 4 is 43.5 Å². The first kappa shape index (κ1) is 13.5. The Kier molecular flexibility index (Phi) is 4.68. The third kappa shape index (κ3) is 2.98. The van der Waals surface area contributed by atoms with Crippen LogP contribution in [0.3, 0.4) is 0 Å². The van der Waals surface area contributed by atoms with Crippen LogP contribution in [0.5, 0.6) is 0 Å². The highest BCUT2D eigenvalue weighted by Crippen LogP contribution is 2.31. The fourth-order valence-electron chi connectivity index (χ4n) is 1.41. The summed E-state index contributed by atoms with van der Waals surface area (Å²) < 4.78 is 1.88. The van der Waals surface area contributed by atoms with Crippen molar-refractivity contribution in [3.8, 4) is 0 Å². The number of halogens is 3. The maximum atomic E-state index is 6.22. The molecule has 2 nitrogen and oxygen atoms in total. The van der Waals surface area contributed by atoms with Gasteiger partial charge in [0.25, 0.3) is 0 Å². The van der Waals surface area contributed by atoms with Gasteiger partial charge in [0.2, 0.25) is 0 Å². The van der Waals surface area contributed by atoms with E-state index in [9.17, 15) is 0 Å². The fraction of sp³-hybridized carbons (Fsp3) is 0.700. The van der Waals surface area contributed by atoms with Crippen LogP contribution in [-0.4, -0.2) is 20.4 Å². The number of alkyl halides is 2. The summed E-state index contributed by atoms with van der Waals surface area (Å²) in [6.07, 6.45) is 0.916. The number of rotatable bonds is 4. The molecule has 0 aliphatic carbocycles. The summed E-state index contributed by atoms with van der Waals surface area (Å²) in [5.74, 6) is 0. The Labute approximate surface area is 113 Å². The van der Waals surface area contributed by atoms with Gasteiger partial charge in [-0.3, -0.25) is 4.68 Å². The molecule has 0 atom stereocenters. The van der Waals surface area contributed by atoms with Crippen LogP contribution < -0.4 is 0 Å². The lowest BCUT2D eigenvalue weighted by atomic mass is 9.90. The van der Waals surface area contributed by atoms with E-state index in [4.69, 9.17) is 11.6 Å². The van der Waals surface area contributed by atoms with E-state index >= 15 is 0 Å². The molecule has 0 aliphatic rings. The first-order valence-corrected chi connectivity index (χ1v) is 7.35. The van der Waals surface area contributed by atoms with Gasteiger partial charge >= 0.3 is 0 Å². The maximum absolute atomic E-state index is 6.22. The average Bonchev–Trinajstić information content (AvgIpc) is 2.45. The number of hydrogen-bond donors (Lipinski definition) is 0. The standard InChI is InChI=1S/C10H15Br2ClN2/c1-7-9(13)8(15(3)14-7)4-10(2,5-11)6-12/h4-6H2,1-3H3. The smallest absolute Gasteiger partial charge is 0.0847 e. The van der Waals surface area contributed by atoms with Crippen molar-refractivity contribution in [2.75, 3.05) is 10.7 Å². The van der Waals surface area contributed by atoms with E-state index in [1.807, 2.05) is 18.7 Å². The van der Waals surface area contributed by atoms with Gasteiger partial charge in [0.05, 0.1) is 16.4 Å². The SMILES string of the molecule is Cc1nn(C)c(CC(C)(CBr)CBr)c1Cl. The molecule has 1 rings (SSSR count). The van der Waals surface area contributed by atoms with Gasteiger partial charge in [0, 0.05) is 17.7 Å². The van der Waals surface area contributed by atoms with Gasteiger partial charge in [-0.15, -0.1) is 0 Å². The normalized spacial score (nSPS) is 12.1. The molecular formula is C10H15Br2ClN2. The Morgan fingerprint density at radius 3 is 2.27 bits per heavy atom. The third-order valence-corrected chi connectivity index (χ3v) is 5.70. The van der Waals surface area contributed by atoms with E-state index in [0.29, 0.717) is 0 Å². The van der Waals surface area contributed by atoms with Gasteiger partial charge in [-0.1, -0.05) is 50.4 Å². The topological polar surface area (TPSA) is 17.8 Å². The summed E-state index contributed by atoms with van der Waals surface area (Å²) in [6.45, 7) is 4.15. The Morgan fingerprint density at radius 1 is 1.40 bits per heavy atom. The number of aryl methyl sites for hydroxylation is 2. The van der Waals surface area contributed by atoms with Gasteiger partial charge in [0.1, 0.15) is 0 Å². The molecule has 5 heteroatoms. The van der Waals surface area contributed by atoms with Crippen molar-refractivity contribution in [2.24, 2.45) is 12.5 Å². The van der Waals surface area contributed by atoms with Gasteiger partial charge in [0.15, 0.2) is 0 Å². The van der Waals surface area contributed by atoms with E-state index < -0.39 is 0 Å². The molecule has 0 fully saturated rings. The zero-order chi connectivity index (χ0) is 11.6. The van der Waals surface area contributed by atoms with Crippen LogP contribution in [0.4, 0.5) is 0 Å². The van der Waals surface area contributed by atoms with E-state index in [2.05, 4.69) is 43.9 Å². The molecule has 0 bridgehead atoms. The average molecular weight is 359 g/mol. The second kappa shape index (κ2) is 5.19. The molecule has 0 aliphatic heterocycles. The van der Waals surface area contributed by atoms with Gasteiger partial charge < -0.3 is 0 Å². The Balaban J connectivity index is 2.98. The molecule has 0 aromatic carbocycles. The lowest BCUT2D eigenvalue weighted by molar-refractivity contribution is 0.423. The molecule has 86 valence electrons. The lowest BCUT2D eigenvalue weighted by Gasteiger charge is -2.24. The minimum Gasteiger partial charge on any atom is -0.271 e. The van der Waals surface area contributed by atoms with E-state index in [0.717, 1.165) is 33.5 Å². The highest BCUT2D eigenvalue weighted by molar-refractivity contribution is 9.09. The van der Waals surface area contributed by atoms with Crippen LogP contribution >= 0.6 is 43.5 Å². The molecule has 1 heterocycles. The van der Waals surface area contributed by atoms with Crippen molar-refractivity contribution in [1.82, 2.24) is 9.78 Å². The lowest BCUT2D eigenvalue weighted by Crippen LogP contribution is -2.24. The molecule has 0 spiro atoms. The number of nitrogens with zero attached hydrogens (tertiary/aromatic N) is 2. The first-order chi connectivity index (χ1) is 6.93. The van der Waals surface area contributed by atoms with Gasteiger partial charge in [-0.25, -0.2) is 0 Å². The summed E-state index contributed by atoms with van der Waals surface area (Å²) in [5, 5.41) is 6.99. The molecule has 0 amide bonds. The number of hydrogen-bond acceptors (Lipinski definition) is 1. The Hall–Kier alpha value is 0.460. The summed E-state index contributed by atoms with van der Waals surface area (Å²) in [5.41, 5.74) is 2.18. The van der Waals surface area contributed by atoms with E-state index in [1.54, 1.807) is 0 Å². The van der Waals surface area contributed by atoms with Crippen molar-refractivity contribution in [1.29, 1.82) is 0 Å². The van der Waals surface area contributed by atoms with Crippen LogP contribution in [0.15, 0.2) is 0 Å². The van der Waals surface area contributed by atoms with Crippen molar-refractivity contribution in [3.05, 3.63) is 16.4 Å². The predicted octanol–water partition coefficient (Wildman–Crippen LogP) is 3.72. The van der Waals surface area contributed by atoms with E-state index in [-0.39, 0.29) is 5.41 Å². The minimum absolute atomic E-state index is 0.171. The number of aromatic nitrogens is 2. The monoisotopic (exact) mass is 356 g/mol. The molecule has 1 aromatic rings. The largest absolute Gasteiger partial charge is 0.271 e. The molecule has 0 saturated carbocycles. The van der Waals surface area contributed by atoms with Crippen molar-refractivity contribution < 1.29 is 0 Å². The maximum Gasteiger partial charge on any atom is 0.0847 e. The molecule has 0 N–H and O–H groups in total. The summed E-state index contributed by atoms with van der Waals surface area (Å²) >= 11 is 13.3. The van der Waals surface area contributed by atoms with Crippen LogP contribution in [0.25, 0.3) is 0 Å². The van der Waals surface area contributed by atoms with Crippen LogP contribution in [0.2, 0.25) is 5.02 Å². The fourth-order valence-corrected chi connectivity index (χ4v) is 2.96. The van der Waals surface area contributed by atoms with Crippen LogP contribution in [0, 0.1) is 12.3 Å². The quantitative estimate of drug-likeness (QED) is 0.750. The van der Waals surface area contributed by atoms with Crippen molar-refractivity contribution in [3.63, 3.8) is 0 Å². The van der Waals surface area contributed by atoms with Gasteiger partial charge in [-0.05, 0) is 18.8 Å². The zero-order valence-corrected chi connectivity index (χ0v) is 13.1. The Bertz CT molecular complexity index is 345. The predicted molar refractivity (Wildman–Crippen MR) is 72.4 cm³/mol. The second-order valence-electron chi connectivity index (χ2n) is 4.22. The molecule has 15 heavy (non-hydrogen) atoms. The highest BCUT2D eigenvalue weighted by Gasteiger charge is 2.25.